The normalized spacial score (nSPS) is 19.4. The molecule has 2 rings (SSSR count). The molecule has 0 amide bonds. The van der Waals surface area contributed by atoms with Crippen molar-refractivity contribution in [1.82, 2.24) is 15.5 Å². The van der Waals surface area contributed by atoms with Crippen LogP contribution in [0.5, 0.6) is 0 Å². The van der Waals surface area contributed by atoms with E-state index in [1.54, 1.807) is 0 Å². The predicted molar refractivity (Wildman–Crippen MR) is 81.4 cm³/mol. The molecule has 1 atom stereocenters. The summed E-state index contributed by atoms with van der Waals surface area (Å²) in [6, 6.07) is 9.07. The van der Waals surface area contributed by atoms with Gasteiger partial charge in [0, 0.05) is 26.2 Å². The number of nitrogens with zero attached hydrogens (tertiary/aromatic N) is 1. The van der Waals surface area contributed by atoms with E-state index in [2.05, 4.69) is 60.6 Å². The molecule has 1 aromatic rings. The first-order valence-corrected chi connectivity index (χ1v) is 7.25. The first kappa shape index (κ1) is 14.5. The number of rotatable bonds is 3. The standard InChI is InChI=1S/C16H27N3/c1-16(2,3)14-7-5-13(6-8-14)15(17-4)19-11-9-18-10-12-19/h5-8,15,17-18H,9-12H2,1-4H3. The lowest BCUT2D eigenvalue weighted by Crippen LogP contribution is -2.48. The van der Waals surface area contributed by atoms with Gasteiger partial charge in [-0.2, -0.15) is 0 Å². The van der Waals surface area contributed by atoms with E-state index < -0.39 is 0 Å². The monoisotopic (exact) mass is 261 g/mol. The SMILES string of the molecule is CNC(c1ccc(C(C)(C)C)cc1)N1CCNCC1. The van der Waals surface area contributed by atoms with Crippen molar-refractivity contribution in [3.05, 3.63) is 35.4 Å². The highest BCUT2D eigenvalue weighted by Gasteiger charge is 2.21. The zero-order chi connectivity index (χ0) is 13.9. The molecule has 3 heteroatoms. The molecule has 19 heavy (non-hydrogen) atoms. The lowest BCUT2D eigenvalue weighted by Gasteiger charge is -2.35. The minimum atomic E-state index is 0.225. The topological polar surface area (TPSA) is 27.3 Å². The maximum Gasteiger partial charge on any atom is 0.0859 e. The second-order valence-corrected chi connectivity index (χ2v) is 6.35. The molecule has 1 aliphatic rings. The highest BCUT2D eigenvalue weighted by molar-refractivity contribution is 5.29. The Kier molecular flexibility index (Phi) is 4.61. The molecule has 0 aromatic heterocycles. The van der Waals surface area contributed by atoms with Crippen molar-refractivity contribution in [3.63, 3.8) is 0 Å². The first-order valence-electron chi connectivity index (χ1n) is 7.25. The zero-order valence-corrected chi connectivity index (χ0v) is 12.7. The molecule has 1 aromatic carbocycles. The van der Waals surface area contributed by atoms with Gasteiger partial charge in [0.05, 0.1) is 6.17 Å². The lowest BCUT2D eigenvalue weighted by atomic mass is 9.86. The molecule has 1 fully saturated rings. The van der Waals surface area contributed by atoms with Gasteiger partial charge in [-0.1, -0.05) is 45.0 Å². The van der Waals surface area contributed by atoms with Crippen molar-refractivity contribution >= 4 is 0 Å². The van der Waals surface area contributed by atoms with E-state index in [1.165, 1.54) is 11.1 Å². The summed E-state index contributed by atoms with van der Waals surface area (Å²) >= 11 is 0. The molecule has 2 N–H and O–H groups in total. The van der Waals surface area contributed by atoms with Gasteiger partial charge in [-0.3, -0.25) is 4.90 Å². The Balaban J connectivity index is 2.14. The minimum Gasteiger partial charge on any atom is -0.314 e. The van der Waals surface area contributed by atoms with E-state index in [9.17, 15) is 0 Å². The largest absolute Gasteiger partial charge is 0.314 e. The summed E-state index contributed by atoms with van der Waals surface area (Å²) in [6.07, 6.45) is 0.330. The highest BCUT2D eigenvalue weighted by atomic mass is 15.3. The minimum absolute atomic E-state index is 0.225. The Morgan fingerprint density at radius 2 is 1.68 bits per heavy atom. The number of hydrogen-bond acceptors (Lipinski definition) is 3. The third-order valence-corrected chi connectivity index (χ3v) is 3.88. The lowest BCUT2D eigenvalue weighted by molar-refractivity contribution is 0.153. The van der Waals surface area contributed by atoms with Crippen LogP contribution in [0, 0.1) is 0 Å². The second kappa shape index (κ2) is 6.04. The van der Waals surface area contributed by atoms with Gasteiger partial charge < -0.3 is 10.6 Å². The van der Waals surface area contributed by atoms with E-state index in [0.29, 0.717) is 6.17 Å². The van der Waals surface area contributed by atoms with Crippen LogP contribution < -0.4 is 10.6 Å². The second-order valence-electron chi connectivity index (χ2n) is 6.35. The van der Waals surface area contributed by atoms with Crippen LogP contribution in [0.25, 0.3) is 0 Å². The van der Waals surface area contributed by atoms with Gasteiger partial charge >= 0.3 is 0 Å². The van der Waals surface area contributed by atoms with E-state index in [0.717, 1.165) is 26.2 Å². The van der Waals surface area contributed by atoms with Crippen LogP contribution in [-0.2, 0) is 5.41 Å². The molecule has 106 valence electrons. The smallest absolute Gasteiger partial charge is 0.0859 e. The van der Waals surface area contributed by atoms with Crippen molar-refractivity contribution in [1.29, 1.82) is 0 Å². The van der Waals surface area contributed by atoms with Crippen LogP contribution in [0.2, 0.25) is 0 Å². The van der Waals surface area contributed by atoms with Crippen LogP contribution in [0.4, 0.5) is 0 Å². The number of benzene rings is 1. The summed E-state index contributed by atoms with van der Waals surface area (Å²) in [7, 11) is 2.05. The van der Waals surface area contributed by atoms with Gasteiger partial charge in [-0.05, 0) is 23.6 Å². The Morgan fingerprint density at radius 1 is 1.11 bits per heavy atom. The fourth-order valence-electron chi connectivity index (χ4n) is 2.67. The van der Waals surface area contributed by atoms with Crippen molar-refractivity contribution < 1.29 is 0 Å². The van der Waals surface area contributed by atoms with Crippen molar-refractivity contribution in [2.75, 3.05) is 33.2 Å². The van der Waals surface area contributed by atoms with Gasteiger partial charge in [0.15, 0.2) is 0 Å². The average Bonchev–Trinajstić information content (AvgIpc) is 2.40. The third kappa shape index (κ3) is 3.56. The molecule has 0 bridgehead atoms. The molecular weight excluding hydrogens is 234 g/mol. The van der Waals surface area contributed by atoms with E-state index in [4.69, 9.17) is 0 Å². The van der Waals surface area contributed by atoms with E-state index in [1.807, 2.05) is 7.05 Å². The molecule has 1 saturated heterocycles. The first-order chi connectivity index (χ1) is 9.02. The Bertz CT molecular complexity index is 385. The van der Waals surface area contributed by atoms with Crippen LogP contribution >= 0.6 is 0 Å². The van der Waals surface area contributed by atoms with Gasteiger partial charge in [0.2, 0.25) is 0 Å². The number of nitrogens with one attached hydrogen (secondary N) is 2. The predicted octanol–water partition coefficient (Wildman–Crippen LogP) is 2.11. The Labute approximate surface area is 117 Å². The van der Waals surface area contributed by atoms with Crippen molar-refractivity contribution in [2.45, 2.75) is 32.4 Å². The molecule has 0 spiro atoms. The zero-order valence-electron chi connectivity index (χ0n) is 12.7. The molecule has 0 saturated carbocycles. The summed E-state index contributed by atoms with van der Waals surface area (Å²) in [5.74, 6) is 0. The van der Waals surface area contributed by atoms with Crippen LogP contribution in [0.1, 0.15) is 38.1 Å². The third-order valence-electron chi connectivity index (χ3n) is 3.88. The van der Waals surface area contributed by atoms with Gasteiger partial charge in [0.25, 0.3) is 0 Å². The molecule has 0 radical (unpaired) electrons. The maximum absolute atomic E-state index is 3.44. The summed E-state index contributed by atoms with van der Waals surface area (Å²) in [6.45, 7) is 11.1. The van der Waals surface area contributed by atoms with Crippen LogP contribution in [0.15, 0.2) is 24.3 Å². The van der Waals surface area contributed by atoms with Crippen LogP contribution in [0.3, 0.4) is 0 Å². The fourth-order valence-corrected chi connectivity index (χ4v) is 2.67. The molecule has 0 aliphatic carbocycles. The molecular formula is C16H27N3. The van der Waals surface area contributed by atoms with Gasteiger partial charge in [-0.15, -0.1) is 0 Å². The summed E-state index contributed by atoms with van der Waals surface area (Å²) < 4.78 is 0. The Morgan fingerprint density at radius 3 is 2.16 bits per heavy atom. The molecule has 1 aliphatic heterocycles. The quantitative estimate of drug-likeness (QED) is 0.872. The maximum atomic E-state index is 3.44. The number of piperazine rings is 1. The van der Waals surface area contributed by atoms with Crippen LogP contribution in [-0.4, -0.2) is 38.1 Å². The summed E-state index contributed by atoms with van der Waals surface area (Å²) in [5, 5.41) is 6.85. The number of hydrogen-bond donors (Lipinski definition) is 2. The summed E-state index contributed by atoms with van der Waals surface area (Å²) in [4.78, 5) is 2.50. The van der Waals surface area contributed by atoms with Gasteiger partial charge in [0.1, 0.15) is 0 Å². The van der Waals surface area contributed by atoms with E-state index >= 15 is 0 Å². The fraction of sp³-hybridized carbons (Fsp3) is 0.625. The van der Waals surface area contributed by atoms with Gasteiger partial charge in [-0.25, -0.2) is 0 Å². The Hall–Kier alpha value is -0.900. The average molecular weight is 261 g/mol. The molecule has 3 nitrogen and oxygen atoms in total. The highest BCUT2D eigenvalue weighted by Crippen LogP contribution is 2.25. The van der Waals surface area contributed by atoms with Crippen molar-refractivity contribution in [3.8, 4) is 0 Å². The molecule has 1 unspecified atom stereocenters. The summed E-state index contributed by atoms with van der Waals surface area (Å²) in [5.41, 5.74) is 2.98. The van der Waals surface area contributed by atoms with Crippen molar-refractivity contribution in [2.24, 2.45) is 0 Å². The van der Waals surface area contributed by atoms with E-state index in [-0.39, 0.29) is 5.41 Å². The molecule has 1 heterocycles.